The Kier molecular flexibility index (Phi) is 4.63. The molecule has 3 aliphatic rings. The molecule has 1 spiro atoms. The summed E-state index contributed by atoms with van der Waals surface area (Å²) in [7, 11) is 1.84. The summed E-state index contributed by atoms with van der Waals surface area (Å²) in [4.78, 5) is 5.25. The van der Waals surface area contributed by atoms with Crippen LogP contribution in [0.4, 0.5) is 4.39 Å². The number of rotatable bonds is 6. The molecule has 4 rings (SSSR count). The third kappa shape index (κ3) is 3.51. The average molecular weight is 332 g/mol. The van der Waals surface area contributed by atoms with E-state index in [9.17, 15) is 4.39 Å². The first-order valence-corrected chi connectivity index (χ1v) is 9.35. The van der Waals surface area contributed by atoms with Crippen LogP contribution in [0.1, 0.15) is 24.8 Å². The van der Waals surface area contributed by atoms with Crippen LogP contribution in [0.5, 0.6) is 0 Å². The fourth-order valence-electron chi connectivity index (χ4n) is 4.81. The van der Waals surface area contributed by atoms with E-state index >= 15 is 0 Å². The van der Waals surface area contributed by atoms with Crippen LogP contribution in [0.25, 0.3) is 0 Å². The molecule has 1 saturated carbocycles. The summed E-state index contributed by atoms with van der Waals surface area (Å²) in [6.45, 7) is 7.84. The molecule has 0 unspecified atom stereocenters. The lowest BCUT2D eigenvalue weighted by atomic mass is 9.77. The molecule has 0 amide bonds. The summed E-state index contributed by atoms with van der Waals surface area (Å²) in [5.74, 6) is 1.46. The Morgan fingerprint density at radius 3 is 2.62 bits per heavy atom. The lowest BCUT2D eigenvalue weighted by molar-refractivity contribution is 0.0959. The van der Waals surface area contributed by atoms with Gasteiger partial charge in [0.05, 0.1) is 6.61 Å². The highest BCUT2D eigenvalue weighted by Gasteiger charge is 2.50. The first-order chi connectivity index (χ1) is 11.7. The quantitative estimate of drug-likeness (QED) is 0.796. The molecule has 1 aromatic rings. The first kappa shape index (κ1) is 16.5. The Hall–Kier alpha value is -0.970. The van der Waals surface area contributed by atoms with Gasteiger partial charge in [0.1, 0.15) is 5.82 Å². The standard InChI is InChI=1S/C20H29FN2O/c1-24-13-18-12-23(11-16-2-3-16)15-20(18)8-9-22(14-20)10-17-4-6-19(21)7-5-17/h4-7,16,18H,2-3,8-15H2,1H3/t18-,20+/m1/s1. The molecule has 0 N–H and O–H groups in total. The van der Waals surface area contributed by atoms with Crippen molar-refractivity contribution >= 4 is 0 Å². The van der Waals surface area contributed by atoms with Crippen molar-refractivity contribution in [2.75, 3.05) is 46.4 Å². The van der Waals surface area contributed by atoms with Gasteiger partial charge in [0.25, 0.3) is 0 Å². The van der Waals surface area contributed by atoms with Crippen molar-refractivity contribution in [3.05, 3.63) is 35.6 Å². The minimum Gasteiger partial charge on any atom is -0.384 e. The van der Waals surface area contributed by atoms with E-state index in [1.54, 1.807) is 12.1 Å². The number of benzene rings is 1. The van der Waals surface area contributed by atoms with Gasteiger partial charge < -0.3 is 9.64 Å². The zero-order valence-electron chi connectivity index (χ0n) is 14.7. The predicted octanol–water partition coefficient (Wildman–Crippen LogP) is 3.01. The third-order valence-corrected chi connectivity index (χ3v) is 6.25. The van der Waals surface area contributed by atoms with E-state index in [4.69, 9.17) is 4.74 Å². The summed E-state index contributed by atoms with van der Waals surface area (Å²) < 4.78 is 18.7. The lowest BCUT2D eigenvalue weighted by Crippen LogP contribution is -2.36. The summed E-state index contributed by atoms with van der Waals surface area (Å²) in [5, 5.41) is 0. The number of likely N-dealkylation sites (tertiary alicyclic amines) is 2. The van der Waals surface area contributed by atoms with Crippen LogP contribution in [-0.4, -0.2) is 56.2 Å². The van der Waals surface area contributed by atoms with E-state index in [0.717, 1.165) is 32.2 Å². The maximum atomic E-state index is 13.1. The molecular formula is C20H29FN2O. The van der Waals surface area contributed by atoms with E-state index < -0.39 is 0 Å². The van der Waals surface area contributed by atoms with Crippen LogP contribution in [0.15, 0.2) is 24.3 Å². The first-order valence-electron chi connectivity index (χ1n) is 9.35. The SMILES string of the molecule is COC[C@H]1CN(CC2CC2)C[C@@]12CCN(Cc1ccc(F)cc1)C2. The second-order valence-corrected chi connectivity index (χ2v) is 8.24. The Morgan fingerprint density at radius 1 is 1.17 bits per heavy atom. The van der Waals surface area contributed by atoms with Gasteiger partial charge in [-0.3, -0.25) is 4.90 Å². The fraction of sp³-hybridized carbons (Fsp3) is 0.700. The number of methoxy groups -OCH3 is 1. The van der Waals surface area contributed by atoms with Gasteiger partial charge in [-0.1, -0.05) is 12.1 Å². The summed E-state index contributed by atoms with van der Waals surface area (Å²) >= 11 is 0. The van der Waals surface area contributed by atoms with E-state index in [1.807, 2.05) is 19.2 Å². The zero-order chi connectivity index (χ0) is 16.6. The van der Waals surface area contributed by atoms with Gasteiger partial charge in [-0.05, 0) is 49.4 Å². The van der Waals surface area contributed by atoms with Crippen LogP contribution in [0.2, 0.25) is 0 Å². The average Bonchev–Trinajstić information content (AvgIpc) is 3.20. The highest BCUT2D eigenvalue weighted by Crippen LogP contribution is 2.45. The molecule has 24 heavy (non-hydrogen) atoms. The molecular weight excluding hydrogens is 303 g/mol. The molecule has 2 saturated heterocycles. The molecule has 0 bridgehead atoms. The molecule has 2 aliphatic heterocycles. The monoisotopic (exact) mass is 332 g/mol. The van der Waals surface area contributed by atoms with Crippen LogP contribution >= 0.6 is 0 Å². The fourth-order valence-corrected chi connectivity index (χ4v) is 4.81. The van der Waals surface area contributed by atoms with Crippen LogP contribution in [-0.2, 0) is 11.3 Å². The zero-order valence-corrected chi connectivity index (χ0v) is 14.7. The second-order valence-electron chi connectivity index (χ2n) is 8.24. The number of hydrogen-bond donors (Lipinski definition) is 0. The van der Waals surface area contributed by atoms with Crippen molar-refractivity contribution in [1.82, 2.24) is 9.80 Å². The van der Waals surface area contributed by atoms with Crippen LogP contribution in [0, 0.1) is 23.1 Å². The molecule has 0 aromatic heterocycles. The Labute approximate surface area is 144 Å². The normalized spacial score (nSPS) is 31.3. The number of ether oxygens (including phenoxy) is 1. The predicted molar refractivity (Wildman–Crippen MR) is 93.3 cm³/mol. The lowest BCUT2D eigenvalue weighted by Gasteiger charge is -2.30. The Morgan fingerprint density at radius 2 is 1.92 bits per heavy atom. The van der Waals surface area contributed by atoms with Crippen LogP contribution in [0.3, 0.4) is 0 Å². The summed E-state index contributed by atoms with van der Waals surface area (Å²) in [5.41, 5.74) is 1.61. The maximum absolute atomic E-state index is 13.1. The summed E-state index contributed by atoms with van der Waals surface area (Å²) in [6.07, 6.45) is 4.12. The third-order valence-electron chi connectivity index (χ3n) is 6.25. The van der Waals surface area contributed by atoms with Crippen molar-refractivity contribution in [1.29, 1.82) is 0 Å². The molecule has 2 atom stereocenters. The molecule has 2 heterocycles. The van der Waals surface area contributed by atoms with Crippen molar-refractivity contribution in [2.45, 2.75) is 25.8 Å². The second kappa shape index (κ2) is 6.74. The van der Waals surface area contributed by atoms with Gasteiger partial charge >= 0.3 is 0 Å². The Balaban J connectivity index is 1.40. The smallest absolute Gasteiger partial charge is 0.123 e. The van der Waals surface area contributed by atoms with Gasteiger partial charge in [-0.15, -0.1) is 0 Å². The highest BCUT2D eigenvalue weighted by atomic mass is 19.1. The maximum Gasteiger partial charge on any atom is 0.123 e. The van der Waals surface area contributed by atoms with Gasteiger partial charge in [-0.25, -0.2) is 4.39 Å². The number of hydrogen-bond acceptors (Lipinski definition) is 3. The topological polar surface area (TPSA) is 15.7 Å². The molecule has 1 aliphatic carbocycles. The molecule has 1 aromatic carbocycles. The van der Waals surface area contributed by atoms with E-state index in [1.165, 1.54) is 44.5 Å². The van der Waals surface area contributed by atoms with Gasteiger partial charge in [0, 0.05) is 51.2 Å². The van der Waals surface area contributed by atoms with E-state index in [0.29, 0.717) is 11.3 Å². The molecule has 3 nitrogen and oxygen atoms in total. The highest BCUT2D eigenvalue weighted by molar-refractivity contribution is 5.16. The van der Waals surface area contributed by atoms with E-state index in [2.05, 4.69) is 9.80 Å². The molecule has 132 valence electrons. The molecule has 0 radical (unpaired) electrons. The van der Waals surface area contributed by atoms with Gasteiger partial charge in [0.15, 0.2) is 0 Å². The Bertz CT molecular complexity index is 559. The van der Waals surface area contributed by atoms with Crippen molar-refractivity contribution in [3.8, 4) is 0 Å². The molecule has 3 fully saturated rings. The van der Waals surface area contributed by atoms with Crippen molar-refractivity contribution < 1.29 is 9.13 Å². The largest absolute Gasteiger partial charge is 0.384 e. The minimum atomic E-state index is -0.150. The minimum absolute atomic E-state index is 0.150. The van der Waals surface area contributed by atoms with Gasteiger partial charge in [-0.2, -0.15) is 0 Å². The van der Waals surface area contributed by atoms with Crippen molar-refractivity contribution in [3.63, 3.8) is 0 Å². The number of nitrogens with zero attached hydrogens (tertiary/aromatic N) is 2. The number of halogens is 1. The van der Waals surface area contributed by atoms with Crippen LogP contribution < -0.4 is 0 Å². The molecule has 4 heteroatoms. The van der Waals surface area contributed by atoms with E-state index in [-0.39, 0.29) is 5.82 Å². The van der Waals surface area contributed by atoms with Gasteiger partial charge in [0.2, 0.25) is 0 Å². The van der Waals surface area contributed by atoms with Crippen molar-refractivity contribution in [2.24, 2.45) is 17.3 Å². The summed E-state index contributed by atoms with van der Waals surface area (Å²) in [6, 6.07) is 6.98.